The molecule has 0 bridgehead atoms. The minimum atomic E-state index is -1.09. The fourth-order valence-electron chi connectivity index (χ4n) is 5.54. The van der Waals surface area contributed by atoms with Gasteiger partial charge < -0.3 is 0 Å². The van der Waals surface area contributed by atoms with Gasteiger partial charge in [0.15, 0.2) is 11.6 Å². The zero-order valence-electron chi connectivity index (χ0n) is 20.6. The Morgan fingerprint density at radius 2 is 1.44 bits per heavy atom. The Balaban J connectivity index is 1.49. The van der Waals surface area contributed by atoms with Crippen LogP contribution in [-0.2, 0) is 12.8 Å². The summed E-state index contributed by atoms with van der Waals surface area (Å²) in [5.41, 5.74) is 2.50. The molecule has 3 aromatic rings. The van der Waals surface area contributed by atoms with Gasteiger partial charge in [-0.25, -0.2) is 13.2 Å². The van der Waals surface area contributed by atoms with E-state index in [4.69, 9.17) is 0 Å². The Labute approximate surface area is 202 Å². The highest BCUT2D eigenvalue weighted by molar-refractivity contribution is 5.89. The summed E-state index contributed by atoms with van der Waals surface area (Å²) >= 11 is 0. The lowest BCUT2D eigenvalue weighted by molar-refractivity contribution is 0.259. The molecule has 182 valence electrons. The lowest BCUT2D eigenvalue weighted by atomic mass is 9.78. The zero-order chi connectivity index (χ0) is 24.1. The summed E-state index contributed by atoms with van der Waals surface area (Å²) in [5, 5.41) is 0.169. The van der Waals surface area contributed by atoms with Crippen LogP contribution >= 0.6 is 0 Å². The predicted molar refractivity (Wildman–Crippen MR) is 137 cm³/mol. The van der Waals surface area contributed by atoms with Crippen molar-refractivity contribution in [3.8, 4) is 11.1 Å². The van der Waals surface area contributed by atoms with E-state index in [0.29, 0.717) is 22.9 Å². The van der Waals surface area contributed by atoms with E-state index in [-0.39, 0.29) is 10.9 Å². The number of hydrogen-bond donors (Lipinski definition) is 0. The van der Waals surface area contributed by atoms with E-state index in [1.165, 1.54) is 44.1 Å². The molecule has 3 aromatic carbocycles. The first-order valence-electron chi connectivity index (χ1n) is 13.2. The summed E-state index contributed by atoms with van der Waals surface area (Å²) in [4.78, 5) is 0. The van der Waals surface area contributed by atoms with Crippen LogP contribution in [-0.4, -0.2) is 0 Å². The predicted octanol–water partition coefficient (Wildman–Crippen LogP) is 9.81. The Hall–Kier alpha value is -2.29. The standard InChI is InChI=1S/C31H37F3/c1-3-5-6-7-25-18-19-26-20-27(30(33)31(34)28(26)29(25)32)24-16-14-23(15-17-24)13-12-22-10-8-21(4-2)9-11-22/h14-22H,3-13H2,1-2H3. The molecule has 0 nitrogen and oxygen atoms in total. The summed E-state index contributed by atoms with van der Waals surface area (Å²) in [6.07, 6.45) is 12.3. The van der Waals surface area contributed by atoms with Gasteiger partial charge in [-0.2, -0.15) is 0 Å². The third kappa shape index (κ3) is 5.50. The number of fused-ring (bicyclic) bond motifs is 1. The van der Waals surface area contributed by atoms with E-state index in [9.17, 15) is 4.39 Å². The number of rotatable bonds is 9. The van der Waals surface area contributed by atoms with Crippen molar-refractivity contribution in [1.82, 2.24) is 0 Å². The van der Waals surface area contributed by atoms with E-state index in [0.717, 1.165) is 37.5 Å². The number of hydrogen-bond acceptors (Lipinski definition) is 0. The molecule has 0 amide bonds. The number of aryl methyl sites for hydroxylation is 2. The van der Waals surface area contributed by atoms with Gasteiger partial charge in [0, 0.05) is 5.56 Å². The minimum Gasteiger partial charge on any atom is -0.206 e. The molecule has 1 aliphatic rings. The third-order valence-electron chi connectivity index (χ3n) is 7.90. The normalized spacial score (nSPS) is 18.5. The first-order valence-corrected chi connectivity index (χ1v) is 13.2. The van der Waals surface area contributed by atoms with Gasteiger partial charge in [0.2, 0.25) is 0 Å². The quantitative estimate of drug-likeness (QED) is 0.275. The fourth-order valence-corrected chi connectivity index (χ4v) is 5.54. The maximum atomic E-state index is 15.0. The van der Waals surface area contributed by atoms with Crippen molar-refractivity contribution in [2.45, 2.75) is 84.5 Å². The highest BCUT2D eigenvalue weighted by Crippen LogP contribution is 2.35. The molecule has 1 aliphatic carbocycles. The highest BCUT2D eigenvalue weighted by atomic mass is 19.2. The largest absolute Gasteiger partial charge is 0.206 e. The molecular weight excluding hydrogens is 429 g/mol. The Bertz CT molecular complexity index is 1090. The number of unbranched alkanes of at least 4 members (excludes halogenated alkanes) is 2. The van der Waals surface area contributed by atoms with Crippen LogP contribution in [0.5, 0.6) is 0 Å². The maximum absolute atomic E-state index is 15.0. The molecule has 4 rings (SSSR count). The SMILES string of the molecule is CCCCCc1ccc2cc(-c3ccc(CCC4CCC(CC)CC4)cc3)c(F)c(F)c2c1F. The van der Waals surface area contributed by atoms with Crippen LogP contribution in [0.3, 0.4) is 0 Å². The van der Waals surface area contributed by atoms with Gasteiger partial charge in [-0.05, 0) is 65.7 Å². The molecule has 0 heterocycles. The summed E-state index contributed by atoms with van der Waals surface area (Å²) < 4.78 is 45.1. The van der Waals surface area contributed by atoms with Crippen LogP contribution in [0.25, 0.3) is 21.9 Å². The van der Waals surface area contributed by atoms with Gasteiger partial charge in [0.1, 0.15) is 5.82 Å². The maximum Gasteiger partial charge on any atom is 0.170 e. The zero-order valence-corrected chi connectivity index (χ0v) is 20.6. The Morgan fingerprint density at radius 3 is 2.12 bits per heavy atom. The molecule has 34 heavy (non-hydrogen) atoms. The van der Waals surface area contributed by atoms with Crippen molar-refractivity contribution in [3.63, 3.8) is 0 Å². The van der Waals surface area contributed by atoms with Gasteiger partial charge in [0.25, 0.3) is 0 Å². The van der Waals surface area contributed by atoms with E-state index in [1.54, 1.807) is 18.2 Å². The smallest absolute Gasteiger partial charge is 0.170 e. The average Bonchev–Trinajstić information content (AvgIpc) is 2.87. The van der Waals surface area contributed by atoms with Crippen LogP contribution in [0, 0.1) is 29.3 Å². The van der Waals surface area contributed by atoms with Crippen molar-refractivity contribution < 1.29 is 13.2 Å². The lowest BCUT2D eigenvalue weighted by Gasteiger charge is -2.27. The first-order chi connectivity index (χ1) is 16.5. The van der Waals surface area contributed by atoms with Crippen LogP contribution in [0.2, 0.25) is 0 Å². The van der Waals surface area contributed by atoms with Crippen molar-refractivity contribution >= 4 is 10.8 Å². The van der Waals surface area contributed by atoms with E-state index in [1.807, 2.05) is 24.3 Å². The van der Waals surface area contributed by atoms with Crippen molar-refractivity contribution in [2.75, 3.05) is 0 Å². The molecule has 0 aliphatic heterocycles. The third-order valence-corrected chi connectivity index (χ3v) is 7.90. The van der Waals surface area contributed by atoms with Crippen LogP contribution < -0.4 is 0 Å². The van der Waals surface area contributed by atoms with E-state index >= 15 is 8.78 Å². The van der Waals surface area contributed by atoms with Gasteiger partial charge in [0.05, 0.1) is 5.39 Å². The molecule has 0 atom stereocenters. The van der Waals surface area contributed by atoms with Gasteiger partial charge >= 0.3 is 0 Å². The highest BCUT2D eigenvalue weighted by Gasteiger charge is 2.21. The lowest BCUT2D eigenvalue weighted by Crippen LogP contribution is -2.14. The molecule has 1 fully saturated rings. The fraction of sp³-hybridized carbons (Fsp3) is 0.484. The summed E-state index contributed by atoms with van der Waals surface area (Å²) in [5.74, 6) is -0.975. The van der Waals surface area contributed by atoms with Crippen molar-refractivity contribution in [3.05, 3.63) is 71.0 Å². The number of halogens is 3. The van der Waals surface area contributed by atoms with E-state index < -0.39 is 17.5 Å². The molecular formula is C31H37F3. The molecule has 1 saturated carbocycles. The van der Waals surface area contributed by atoms with Crippen LogP contribution in [0.1, 0.15) is 82.8 Å². The molecule has 0 N–H and O–H groups in total. The van der Waals surface area contributed by atoms with Crippen LogP contribution in [0.4, 0.5) is 13.2 Å². The van der Waals surface area contributed by atoms with Gasteiger partial charge in [-0.15, -0.1) is 0 Å². The molecule has 0 radical (unpaired) electrons. The second-order valence-electron chi connectivity index (χ2n) is 10.2. The Kier molecular flexibility index (Phi) is 8.34. The van der Waals surface area contributed by atoms with Crippen molar-refractivity contribution in [1.29, 1.82) is 0 Å². The Morgan fingerprint density at radius 1 is 0.735 bits per heavy atom. The molecule has 0 spiro atoms. The topological polar surface area (TPSA) is 0 Å². The molecule has 0 aromatic heterocycles. The van der Waals surface area contributed by atoms with E-state index in [2.05, 4.69) is 13.8 Å². The van der Waals surface area contributed by atoms with Gasteiger partial charge in [-0.3, -0.25) is 0 Å². The first kappa shape index (κ1) is 24.8. The second kappa shape index (κ2) is 11.4. The minimum absolute atomic E-state index is 0.188. The van der Waals surface area contributed by atoms with Crippen LogP contribution in [0.15, 0.2) is 42.5 Å². The summed E-state index contributed by atoms with van der Waals surface area (Å²) in [6.45, 7) is 4.37. The molecule has 0 saturated heterocycles. The second-order valence-corrected chi connectivity index (χ2v) is 10.2. The summed E-state index contributed by atoms with van der Waals surface area (Å²) in [7, 11) is 0. The molecule has 0 unspecified atom stereocenters. The monoisotopic (exact) mass is 466 g/mol. The molecule has 3 heteroatoms. The number of benzene rings is 3. The van der Waals surface area contributed by atoms with Crippen molar-refractivity contribution in [2.24, 2.45) is 11.8 Å². The van der Waals surface area contributed by atoms with Gasteiger partial charge in [-0.1, -0.05) is 95.2 Å². The summed E-state index contributed by atoms with van der Waals surface area (Å²) in [6, 6.07) is 12.8. The average molecular weight is 467 g/mol.